The number of ketones is 1. The lowest BCUT2D eigenvalue weighted by Gasteiger charge is -1.97. The van der Waals surface area contributed by atoms with E-state index in [0.29, 0.717) is 6.42 Å². The average molecular weight is 282 g/mol. The molecule has 0 atom stereocenters. The topological polar surface area (TPSA) is 30.0 Å². The standard InChI is InChI=1S/C11H8BrNOS/c12-11-5-8(7-15-11)10(14)6-9-3-1-2-4-13-9/h1-5,7H,6H2. The summed E-state index contributed by atoms with van der Waals surface area (Å²) in [5.41, 5.74) is 1.56. The third-order valence-corrected chi connectivity index (χ3v) is 3.46. The zero-order valence-electron chi connectivity index (χ0n) is 7.81. The van der Waals surface area contributed by atoms with Crippen LogP contribution < -0.4 is 0 Å². The molecule has 0 aliphatic rings. The quantitative estimate of drug-likeness (QED) is 0.808. The molecule has 0 aromatic carbocycles. The van der Waals surface area contributed by atoms with E-state index in [0.717, 1.165) is 15.0 Å². The number of pyridine rings is 1. The summed E-state index contributed by atoms with van der Waals surface area (Å²) in [7, 11) is 0. The van der Waals surface area contributed by atoms with Crippen LogP contribution in [0.4, 0.5) is 0 Å². The highest BCUT2D eigenvalue weighted by Crippen LogP contribution is 2.21. The monoisotopic (exact) mass is 281 g/mol. The Kier molecular flexibility index (Phi) is 3.28. The van der Waals surface area contributed by atoms with E-state index < -0.39 is 0 Å². The molecule has 2 nitrogen and oxygen atoms in total. The van der Waals surface area contributed by atoms with Gasteiger partial charge in [0.25, 0.3) is 0 Å². The van der Waals surface area contributed by atoms with Crippen molar-refractivity contribution in [2.24, 2.45) is 0 Å². The minimum atomic E-state index is 0.107. The van der Waals surface area contributed by atoms with Crippen LogP contribution in [0.1, 0.15) is 16.1 Å². The van der Waals surface area contributed by atoms with Gasteiger partial charge < -0.3 is 0 Å². The van der Waals surface area contributed by atoms with Gasteiger partial charge in [-0.25, -0.2) is 0 Å². The zero-order chi connectivity index (χ0) is 10.7. The number of hydrogen-bond acceptors (Lipinski definition) is 3. The van der Waals surface area contributed by atoms with Gasteiger partial charge in [0.15, 0.2) is 5.78 Å². The maximum Gasteiger partial charge on any atom is 0.169 e. The minimum Gasteiger partial charge on any atom is -0.294 e. The summed E-state index contributed by atoms with van der Waals surface area (Å²) in [6.45, 7) is 0. The molecule has 0 N–H and O–H groups in total. The first-order valence-corrected chi connectivity index (χ1v) is 6.10. The van der Waals surface area contributed by atoms with E-state index in [-0.39, 0.29) is 5.78 Å². The molecule has 0 amide bonds. The fraction of sp³-hybridized carbons (Fsp3) is 0.0909. The Hall–Kier alpha value is -1.00. The van der Waals surface area contributed by atoms with Gasteiger partial charge in [-0.05, 0) is 34.1 Å². The van der Waals surface area contributed by atoms with Gasteiger partial charge in [0.2, 0.25) is 0 Å². The fourth-order valence-electron chi connectivity index (χ4n) is 1.23. The molecule has 0 bridgehead atoms. The van der Waals surface area contributed by atoms with E-state index in [9.17, 15) is 4.79 Å². The molecule has 0 fully saturated rings. The molecule has 0 unspecified atom stereocenters. The summed E-state index contributed by atoms with van der Waals surface area (Å²) < 4.78 is 0.979. The predicted molar refractivity (Wildman–Crippen MR) is 64.3 cm³/mol. The predicted octanol–water partition coefficient (Wildman–Crippen LogP) is 3.33. The van der Waals surface area contributed by atoms with Gasteiger partial charge in [-0.1, -0.05) is 6.07 Å². The van der Waals surface area contributed by atoms with E-state index in [1.807, 2.05) is 29.6 Å². The van der Waals surface area contributed by atoms with Gasteiger partial charge in [0.05, 0.1) is 10.2 Å². The Bertz CT molecular complexity index is 466. The molecular formula is C11H8BrNOS. The Morgan fingerprint density at radius 2 is 2.33 bits per heavy atom. The molecule has 0 saturated heterocycles. The molecule has 2 aromatic rings. The Balaban J connectivity index is 2.11. The van der Waals surface area contributed by atoms with E-state index in [2.05, 4.69) is 20.9 Å². The largest absolute Gasteiger partial charge is 0.294 e. The summed E-state index contributed by atoms with van der Waals surface area (Å²) >= 11 is 4.86. The second kappa shape index (κ2) is 4.68. The molecule has 0 aliphatic heterocycles. The van der Waals surface area contributed by atoms with Crippen molar-refractivity contribution in [2.75, 3.05) is 0 Å². The normalized spacial score (nSPS) is 10.2. The number of rotatable bonds is 3. The SMILES string of the molecule is O=C(Cc1ccccn1)c1csc(Br)c1. The molecule has 4 heteroatoms. The molecule has 2 heterocycles. The summed E-state index contributed by atoms with van der Waals surface area (Å²) in [5, 5.41) is 1.86. The lowest BCUT2D eigenvalue weighted by molar-refractivity contribution is 0.0992. The highest BCUT2D eigenvalue weighted by molar-refractivity contribution is 9.11. The van der Waals surface area contributed by atoms with Crippen molar-refractivity contribution in [1.82, 2.24) is 4.98 Å². The van der Waals surface area contributed by atoms with Gasteiger partial charge in [-0.3, -0.25) is 9.78 Å². The van der Waals surface area contributed by atoms with Crippen molar-refractivity contribution in [3.05, 3.63) is 50.9 Å². The Morgan fingerprint density at radius 1 is 1.47 bits per heavy atom. The van der Waals surface area contributed by atoms with Crippen LogP contribution in [0.15, 0.2) is 39.6 Å². The smallest absolute Gasteiger partial charge is 0.169 e. The van der Waals surface area contributed by atoms with Gasteiger partial charge in [0, 0.05) is 22.8 Å². The molecule has 0 radical (unpaired) electrons. The lowest BCUT2D eigenvalue weighted by Crippen LogP contribution is -2.03. The molecule has 76 valence electrons. The molecule has 15 heavy (non-hydrogen) atoms. The van der Waals surface area contributed by atoms with Gasteiger partial charge >= 0.3 is 0 Å². The number of halogens is 1. The summed E-state index contributed by atoms with van der Waals surface area (Å²) in [6.07, 6.45) is 2.07. The van der Waals surface area contributed by atoms with Crippen LogP contribution in [-0.2, 0) is 6.42 Å². The number of thiophene rings is 1. The van der Waals surface area contributed by atoms with Crippen LogP contribution in [0.25, 0.3) is 0 Å². The van der Waals surface area contributed by atoms with Crippen molar-refractivity contribution in [2.45, 2.75) is 6.42 Å². The van der Waals surface area contributed by atoms with Crippen LogP contribution >= 0.6 is 27.3 Å². The molecule has 0 saturated carbocycles. The Labute approximate surface area is 100 Å². The number of hydrogen-bond donors (Lipinski definition) is 0. The maximum atomic E-state index is 11.8. The second-order valence-corrected chi connectivity index (χ2v) is 5.35. The van der Waals surface area contributed by atoms with Crippen molar-refractivity contribution in [1.29, 1.82) is 0 Å². The minimum absolute atomic E-state index is 0.107. The summed E-state index contributed by atoms with van der Waals surface area (Å²) in [4.78, 5) is 15.9. The number of carbonyl (C=O) groups is 1. The molecule has 2 aromatic heterocycles. The van der Waals surface area contributed by atoms with Crippen molar-refractivity contribution in [3.8, 4) is 0 Å². The van der Waals surface area contributed by atoms with E-state index >= 15 is 0 Å². The van der Waals surface area contributed by atoms with E-state index in [4.69, 9.17) is 0 Å². The highest BCUT2D eigenvalue weighted by Gasteiger charge is 2.09. The number of aromatic nitrogens is 1. The summed E-state index contributed by atoms with van der Waals surface area (Å²) in [5.74, 6) is 0.107. The average Bonchev–Trinajstić information content (AvgIpc) is 2.66. The molecular weight excluding hydrogens is 274 g/mol. The third kappa shape index (κ3) is 2.73. The van der Waals surface area contributed by atoms with Crippen molar-refractivity contribution < 1.29 is 4.79 Å². The first kappa shape index (κ1) is 10.5. The number of carbonyl (C=O) groups excluding carboxylic acids is 1. The van der Waals surface area contributed by atoms with Gasteiger partial charge in [-0.2, -0.15) is 0 Å². The fourth-order valence-corrected chi connectivity index (χ4v) is 2.39. The van der Waals surface area contributed by atoms with Crippen molar-refractivity contribution >= 4 is 33.0 Å². The molecule has 0 aliphatic carbocycles. The first-order chi connectivity index (χ1) is 7.25. The maximum absolute atomic E-state index is 11.8. The van der Waals surface area contributed by atoms with E-state index in [1.165, 1.54) is 11.3 Å². The van der Waals surface area contributed by atoms with Gasteiger partial charge in [0.1, 0.15) is 0 Å². The summed E-state index contributed by atoms with van der Waals surface area (Å²) in [6, 6.07) is 7.43. The van der Waals surface area contributed by atoms with Crippen LogP contribution in [0.5, 0.6) is 0 Å². The van der Waals surface area contributed by atoms with Crippen LogP contribution in [0.3, 0.4) is 0 Å². The van der Waals surface area contributed by atoms with Crippen LogP contribution in [-0.4, -0.2) is 10.8 Å². The number of Topliss-reactive ketones (excluding diaryl/α,β-unsaturated/α-hetero) is 1. The first-order valence-electron chi connectivity index (χ1n) is 4.43. The van der Waals surface area contributed by atoms with Crippen LogP contribution in [0, 0.1) is 0 Å². The van der Waals surface area contributed by atoms with Crippen LogP contribution in [0.2, 0.25) is 0 Å². The molecule has 2 rings (SSSR count). The van der Waals surface area contributed by atoms with Crippen molar-refractivity contribution in [3.63, 3.8) is 0 Å². The Morgan fingerprint density at radius 3 is 2.93 bits per heavy atom. The molecule has 0 spiro atoms. The second-order valence-electron chi connectivity index (χ2n) is 3.06. The lowest BCUT2D eigenvalue weighted by atomic mass is 10.1. The van der Waals surface area contributed by atoms with Gasteiger partial charge in [-0.15, -0.1) is 11.3 Å². The highest BCUT2D eigenvalue weighted by atomic mass is 79.9. The third-order valence-electron chi connectivity index (χ3n) is 1.96. The zero-order valence-corrected chi connectivity index (χ0v) is 10.2. The number of nitrogens with zero attached hydrogens (tertiary/aromatic N) is 1. The van der Waals surface area contributed by atoms with E-state index in [1.54, 1.807) is 6.20 Å².